The van der Waals surface area contributed by atoms with Crippen molar-refractivity contribution < 1.29 is 14.1 Å². The number of carbonyl (C=O) groups excluding carboxylic acids is 2. The molecular weight excluding hydrogens is 444 g/mol. The lowest BCUT2D eigenvalue weighted by atomic mass is 9.96. The molecule has 35 heavy (non-hydrogen) atoms. The van der Waals surface area contributed by atoms with Gasteiger partial charge in [0.1, 0.15) is 0 Å². The van der Waals surface area contributed by atoms with Crippen molar-refractivity contribution >= 4 is 23.2 Å². The number of carbonyl (C=O) groups is 2. The molecular formula is C26H28N6O3. The highest BCUT2D eigenvalue weighted by molar-refractivity contribution is 6.09. The van der Waals surface area contributed by atoms with Crippen molar-refractivity contribution in [3.05, 3.63) is 71.1 Å². The summed E-state index contributed by atoms with van der Waals surface area (Å²) < 4.78 is 5.54. The van der Waals surface area contributed by atoms with Gasteiger partial charge in [-0.15, -0.1) is 0 Å². The second kappa shape index (κ2) is 10.4. The maximum Gasteiger partial charge on any atom is 0.251 e. The molecule has 3 aromatic rings. The molecule has 2 aromatic carbocycles. The van der Waals surface area contributed by atoms with Crippen molar-refractivity contribution in [3.8, 4) is 11.4 Å². The number of piperidine rings is 1. The van der Waals surface area contributed by atoms with Gasteiger partial charge in [0.25, 0.3) is 5.91 Å². The van der Waals surface area contributed by atoms with Crippen molar-refractivity contribution in [1.82, 2.24) is 20.4 Å². The Morgan fingerprint density at radius 3 is 2.37 bits per heavy atom. The summed E-state index contributed by atoms with van der Waals surface area (Å²) in [7, 11) is 0. The number of benzene rings is 2. The lowest BCUT2D eigenvalue weighted by molar-refractivity contribution is -0.131. The van der Waals surface area contributed by atoms with E-state index in [0.717, 1.165) is 5.56 Å². The van der Waals surface area contributed by atoms with Crippen LogP contribution in [0.1, 0.15) is 60.0 Å². The third kappa shape index (κ3) is 5.51. The standard InChI is InChI=1S/C26H28N6O3/c1-16(27)21-9-8-20(14-22(21)17(2)28)24-30-26(35-31-24)19-10-12-32(13-11-19)23(33)15-29-25(34)18-6-4-3-5-7-18/h3-9,14,19,27-28H,10-13,15H2,1-2H3,(H,29,34). The smallest absolute Gasteiger partial charge is 0.251 e. The van der Waals surface area contributed by atoms with Crippen LogP contribution in [0.15, 0.2) is 53.1 Å². The van der Waals surface area contributed by atoms with Gasteiger partial charge in [0.05, 0.1) is 6.54 Å². The van der Waals surface area contributed by atoms with Crippen LogP contribution < -0.4 is 5.32 Å². The summed E-state index contributed by atoms with van der Waals surface area (Å²) in [6, 6.07) is 14.3. The van der Waals surface area contributed by atoms with E-state index in [2.05, 4.69) is 15.5 Å². The first kappa shape index (κ1) is 24.0. The highest BCUT2D eigenvalue weighted by Crippen LogP contribution is 2.29. The van der Waals surface area contributed by atoms with Crippen LogP contribution in [0.3, 0.4) is 0 Å². The number of hydrogen-bond acceptors (Lipinski definition) is 7. The average molecular weight is 473 g/mol. The summed E-state index contributed by atoms with van der Waals surface area (Å²) >= 11 is 0. The van der Waals surface area contributed by atoms with E-state index >= 15 is 0 Å². The van der Waals surface area contributed by atoms with Crippen molar-refractivity contribution in [1.29, 1.82) is 10.8 Å². The molecule has 0 atom stereocenters. The van der Waals surface area contributed by atoms with Gasteiger partial charge in [-0.2, -0.15) is 4.98 Å². The van der Waals surface area contributed by atoms with Crippen LogP contribution >= 0.6 is 0 Å². The molecule has 0 saturated carbocycles. The summed E-state index contributed by atoms with van der Waals surface area (Å²) in [5, 5.41) is 22.8. The predicted octanol–water partition coefficient (Wildman–Crippen LogP) is 3.65. The number of hydrogen-bond donors (Lipinski definition) is 3. The van der Waals surface area contributed by atoms with Crippen LogP contribution in [0.25, 0.3) is 11.4 Å². The number of likely N-dealkylation sites (tertiary alicyclic amines) is 1. The van der Waals surface area contributed by atoms with E-state index in [1.165, 1.54) is 0 Å². The normalized spacial score (nSPS) is 13.9. The maximum absolute atomic E-state index is 12.6. The zero-order valence-corrected chi connectivity index (χ0v) is 19.8. The molecule has 9 nitrogen and oxygen atoms in total. The van der Waals surface area contributed by atoms with E-state index < -0.39 is 0 Å². The van der Waals surface area contributed by atoms with Crippen LogP contribution in [-0.4, -0.2) is 57.9 Å². The lowest BCUT2D eigenvalue weighted by Gasteiger charge is -2.30. The first-order chi connectivity index (χ1) is 16.8. The molecule has 1 aromatic heterocycles. The Bertz CT molecular complexity index is 1260. The van der Waals surface area contributed by atoms with Gasteiger partial charge in [-0.1, -0.05) is 35.5 Å². The van der Waals surface area contributed by atoms with E-state index in [1.54, 1.807) is 43.0 Å². The first-order valence-corrected chi connectivity index (χ1v) is 11.5. The van der Waals surface area contributed by atoms with Gasteiger partial charge in [-0.3, -0.25) is 9.59 Å². The minimum atomic E-state index is -0.266. The molecule has 2 amide bonds. The van der Waals surface area contributed by atoms with Crippen LogP contribution in [0.5, 0.6) is 0 Å². The van der Waals surface area contributed by atoms with Crippen molar-refractivity contribution in [3.63, 3.8) is 0 Å². The minimum absolute atomic E-state index is 0.0386. The molecule has 9 heteroatoms. The summed E-state index contributed by atoms with van der Waals surface area (Å²) in [5.74, 6) is 0.641. The molecule has 1 aliphatic heterocycles. The Morgan fingerprint density at radius 1 is 1.03 bits per heavy atom. The van der Waals surface area contributed by atoms with Crippen molar-refractivity contribution in [2.24, 2.45) is 0 Å². The zero-order chi connectivity index (χ0) is 24.9. The van der Waals surface area contributed by atoms with E-state index in [1.807, 2.05) is 24.3 Å². The van der Waals surface area contributed by atoms with Crippen molar-refractivity contribution in [2.75, 3.05) is 19.6 Å². The quantitative estimate of drug-likeness (QED) is 0.451. The highest BCUT2D eigenvalue weighted by Gasteiger charge is 2.28. The van der Waals surface area contributed by atoms with Crippen LogP contribution in [0, 0.1) is 10.8 Å². The number of rotatable bonds is 7. The minimum Gasteiger partial charge on any atom is -0.343 e. The number of amides is 2. The summed E-state index contributed by atoms with van der Waals surface area (Å²) in [4.78, 5) is 31.0. The fourth-order valence-electron chi connectivity index (χ4n) is 4.17. The summed E-state index contributed by atoms with van der Waals surface area (Å²) in [6.45, 7) is 4.44. The number of aromatic nitrogens is 2. The molecule has 0 unspecified atom stereocenters. The number of nitrogens with one attached hydrogen (secondary N) is 3. The Hall–Kier alpha value is -4.14. The summed E-state index contributed by atoms with van der Waals surface area (Å²) in [6.07, 6.45) is 1.38. The van der Waals surface area contributed by atoms with Gasteiger partial charge in [0.2, 0.25) is 17.6 Å². The molecule has 0 aliphatic carbocycles. The highest BCUT2D eigenvalue weighted by atomic mass is 16.5. The molecule has 1 fully saturated rings. The fraction of sp³-hybridized carbons (Fsp3) is 0.308. The molecule has 0 spiro atoms. The molecule has 1 aliphatic rings. The van der Waals surface area contributed by atoms with Crippen LogP contribution in [0.4, 0.5) is 0 Å². The fourth-order valence-corrected chi connectivity index (χ4v) is 4.17. The lowest BCUT2D eigenvalue weighted by Crippen LogP contribution is -2.43. The SMILES string of the molecule is CC(=N)c1ccc(-c2noc(C3CCN(C(=O)CNC(=O)c4ccccc4)CC3)n2)cc1C(C)=N. The van der Waals surface area contributed by atoms with Crippen molar-refractivity contribution in [2.45, 2.75) is 32.6 Å². The molecule has 2 heterocycles. The first-order valence-electron chi connectivity index (χ1n) is 11.5. The van der Waals surface area contributed by atoms with E-state index in [4.69, 9.17) is 15.3 Å². The zero-order valence-electron chi connectivity index (χ0n) is 19.8. The third-order valence-electron chi connectivity index (χ3n) is 6.16. The molecule has 0 radical (unpaired) electrons. The Labute approximate surface area is 203 Å². The average Bonchev–Trinajstić information content (AvgIpc) is 3.37. The van der Waals surface area contributed by atoms with E-state index in [0.29, 0.717) is 65.8 Å². The van der Waals surface area contributed by atoms with Gasteiger partial charge in [0.15, 0.2) is 0 Å². The second-order valence-corrected chi connectivity index (χ2v) is 8.67. The Morgan fingerprint density at radius 2 is 1.71 bits per heavy atom. The predicted molar refractivity (Wildman–Crippen MR) is 132 cm³/mol. The molecule has 0 bridgehead atoms. The van der Waals surface area contributed by atoms with Gasteiger partial charge in [0, 0.05) is 52.7 Å². The molecule has 1 saturated heterocycles. The van der Waals surface area contributed by atoms with Crippen LogP contribution in [0.2, 0.25) is 0 Å². The van der Waals surface area contributed by atoms with Crippen LogP contribution in [-0.2, 0) is 4.79 Å². The summed E-state index contributed by atoms with van der Waals surface area (Å²) in [5.41, 5.74) is 3.40. The molecule has 4 rings (SSSR count). The molecule has 180 valence electrons. The van der Waals surface area contributed by atoms with Gasteiger partial charge in [-0.25, -0.2) is 0 Å². The Balaban J connectivity index is 1.34. The van der Waals surface area contributed by atoms with E-state index in [9.17, 15) is 9.59 Å². The number of nitrogens with zero attached hydrogens (tertiary/aromatic N) is 3. The van der Waals surface area contributed by atoms with Gasteiger partial charge >= 0.3 is 0 Å². The second-order valence-electron chi connectivity index (χ2n) is 8.67. The third-order valence-corrected chi connectivity index (χ3v) is 6.16. The monoisotopic (exact) mass is 472 g/mol. The topological polar surface area (TPSA) is 136 Å². The van der Waals surface area contributed by atoms with E-state index in [-0.39, 0.29) is 24.3 Å². The van der Waals surface area contributed by atoms with Gasteiger partial charge in [-0.05, 0) is 44.9 Å². The largest absolute Gasteiger partial charge is 0.343 e. The maximum atomic E-state index is 12.6. The molecule has 3 N–H and O–H groups in total. The van der Waals surface area contributed by atoms with Gasteiger partial charge < -0.3 is 25.6 Å². The Kier molecular flexibility index (Phi) is 7.14.